The first-order valence-electron chi connectivity index (χ1n) is 8.41. The van der Waals surface area contributed by atoms with Gasteiger partial charge in [0.25, 0.3) is 11.8 Å². The summed E-state index contributed by atoms with van der Waals surface area (Å²) in [5.74, 6) is 1.19. The Morgan fingerprint density at radius 3 is 2.56 bits per heavy atom. The van der Waals surface area contributed by atoms with Crippen molar-refractivity contribution in [2.75, 3.05) is 30.9 Å². The van der Waals surface area contributed by atoms with E-state index in [1.165, 1.54) is 0 Å². The third-order valence-corrected chi connectivity index (χ3v) is 4.09. The zero-order valence-corrected chi connectivity index (χ0v) is 14.9. The Balaban J connectivity index is 1.43. The quantitative estimate of drug-likeness (QED) is 0.759. The molecule has 138 valence electrons. The van der Waals surface area contributed by atoms with Crippen molar-refractivity contribution in [3.63, 3.8) is 0 Å². The van der Waals surface area contributed by atoms with E-state index in [-0.39, 0.29) is 24.4 Å². The van der Waals surface area contributed by atoms with E-state index < -0.39 is 6.10 Å². The van der Waals surface area contributed by atoms with Gasteiger partial charge in [-0.2, -0.15) is 0 Å². The Kier molecular flexibility index (Phi) is 4.37. The van der Waals surface area contributed by atoms with E-state index in [4.69, 9.17) is 13.9 Å². The third-order valence-electron chi connectivity index (χ3n) is 4.09. The fourth-order valence-electron chi connectivity index (χ4n) is 2.64. The highest BCUT2D eigenvalue weighted by Gasteiger charge is 2.27. The number of nitrogens with one attached hydrogen (secondary N) is 1. The van der Waals surface area contributed by atoms with Crippen LogP contribution in [0.3, 0.4) is 0 Å². The summed E-state index contributed by atoms with van der Waals surface area (Å²) in [7, 11) is 3.87. The lowest BCUT2D eigenvalue weighted by molar-refractivity contribution is 0.0716. The van der Waals surface area contributed by atoms with Crippen LogP contribution in [0.2, 0.25) is 0 Å². The number of carbonyl (C=O) groups is 1. The van der Waals surface area contributed by atoms with Gasteiger partial charge in [-0.1, -0.05) is 17.2 Å². The summed E-state index contributed by atoms with van der Waals surface area (Å²) in [6, 6.07) is 14.5. The highest BCUT2D eigenvalue weighted by atomic mass is 16.6. The van der Waals surface area contributed by atoms with Crippen LogP contribution >= 0.6 is 0 Å². The zero-order chi connectivity index (χ0) is 18.8. The number of benzene rings is 2. The minimum Gasteiger partial charge on any atom is -0.485 e. The van der Waals surface area contributed by atoms with Gasteiger partial charge in [0.1, 0.15) is 6.61 Å². The number of nitrogens with zero attached hydrogens (tertiary/aromatic N) is 3. The predicted octanol–water partition coefficient (Wildman–Crippen LogP) is 2.90. The summed E-state index contributed by atoms with van der Waals surface area (Å²) in [6.07, 6.45) is -0.530. The number of para-hydroxylation sites is 2. The number of carbonyl (C=O) groups excluding carboxylic acids is 1. The van der Waals surface area contributed by atoms with E-state index in [1.54, 1.807) is 18.2 Å². The number of amides is 1. The molecule has 1 atom stereocenters. The number of fused-ring (bicyclic) bond motifs is 1. The van der Waals surface area contributed by atoms with Gasteiger partial charge in [-0.25, -0.2) is 0 Å². The maximum atomic E-state index is 12.3. The Morgan fingerprint density at radius 1 is 1.07 bits per heavy atom. The summed E-state index contributed by atoms with van der Waals surface area (Å²) in [5.41, 5.74) is 1.49. The van der Waals surface area contributed by atoms with Gasteiger partial charge in [0.15, 0.2) is 11.5 Å². The largest absolute Gasteiger partial charge is 0.485 e. The third kappa shape index (κ3) is 3.55. The fraction of sp³-hybridized carbons (Fsp3) is 0.211. The van der Waals surface area contributed by atoms with Crippen LogP contribution < -0.4 is 19.7 Å². The molecule has 4 rings (SSSR count). The van der Waals surface area contributed by atoms with Crippen molar-refractivity contribution in [3.8, 4) is 11.5 Å². The molecule has 1 aliphatic heterocycles. The van der Waals surface area contributed by atoms with E-state index in [1.807, 2.05) is 49.3 Å². The summed E-state index contributed by atoms with van der Waals surface area (Å²) in [4.78, 5) is 14.3. The van der Waals surface area contributed by atoms with Crippen molar-refractivity contribution in [2.45, 2.75) is 6.10 Å². The summed E-state index contributed by atoms with van der Waals surface area (Å²) in [5, 5.41) is 10.4. The molecule has 3 aromatic rings. The molecule has 0 saturated carbocycles. The summed E-state index contributed by atoms with van der Waals surface area (Å²) < 4.78 is 17.0. The standard InChI is InChI=1S/C19H18N4O4/c1-23(2)13-9-7-12(8-10-13)17(24)20-19-22-21-18(27-19)16-11-25-14-5-3-4-6-15(14)26-16/h3-10,16H,11H2,1-2H3,(H,20,22,24)/t16-/m1/s1. The molecule has 0 saturated heterocycles. The van der Waals surface area contributed by atoms with Gasteiger partial charge in [0.2, 0.25) is 6.10 Å². The fourth-order valence-corrected chi connectivity index (χ4v) is 2.64. The average molecular weight is 366 g/mol. The normalized spacial score (nSPS) is 15.3. The number of ether oxygens (including phenoxy) is 2. The van der Waals surface area contributed by atoms with Crippen molar-refractivity contribution in [1.82, 2.24) is 10.2 Å². The zero-order valence-electron chi connectivity index (χ0n) is 14.9. The second kappa shape index (κ2) is 6.99. The second-order valence-corrected chi connectivity index (χ2v) is 6.21. The lowest BCUT2D eigenvalue weighted by Crippen LogP contribution is -2.21. The first kappa shape index (κ1) is 16.9. The molecule has 2 aromatic carbocycles. The van der Waals surface area contributed by atoms with Crippen molar-refractivity contribution < 1.29 is 18.7 Å². The summed E-state index contributed by atoms with van der Waals surface area (Å²) in [6.45, 7) is 0.249. The average Bonchev–Trinajstić information content (AvgIpc) is 3.16. The highest BCUT2D eigenvalue weighted by Crippen LogP contribution is 2.35. The lowest BCUT2D eigenvalue weighted by Gasteiger charge is -2.23. The van der Waals surface area contributed by atoms with Gasteiger partial charge in [-0.3, -0.25) is 10.1 Å². The smallest absolute Gasteiger partial charge is 0.322 e. The van der Waals surface area contributed by atoms with E-state index >= 15 is 0 Å². The SMILES string of the molecule is CN(C)c1ccc(C(=O)Nc2nnc([C@H]3COc4ccccc4O3)o2)cc1. The summed E-state index contributed by atoms with van der Waals surface area (Å²) >= 11 is 0. The Hall–Kier alpha value is -3.55. The first-order chi connectivity index (χ1) is 13.1. The predicted molar refractivity (Wildman–Crippen MR) is 98.3 cm³/mol. The van der Waals surface area contributed by atoms with E-state index in [0.717, 1.165) is 5.69 Å². The monoisotopic (exact) mass is 366 g/mol. The minimum absolute atomic E-state index is 0.00847. The molecular formula is C19H18N4O4. The van der Waals surface area contributed by atoms with Gasteiger partial charge in [-0.15, -0.1) is 5.10 Å². The molecule has 8 nitrogen and oxygen atoms in total. The molecule has 8 heteroatoms. The van der Waals surface area contributed by atoms with Gasteiger partial charge in [0.05, 0.1) is 0 Å². The first-order valence-corrected chi connectivity index (χ1v) is 8.41. The Labute approximate surface area is 155 Å². The molecule has 0 radical (unpaired) electrons. The number of anilines is 2. The van der Waals surface area contributed by atoms with Gasteiger partial charge in [0, 0.05) is 25.3 Å². The van der Waals surface area contributed by atoms with Crippen LogP contribution in [0.5, 0.6) is 11.5 Å². The van der Waals surface area contributed by atoms with Crippen molar-refractivity contribution in [2.24, 2.45) is 0 Å². The molecule has 0 unspecified atom stereocenters. The number of rotatable bonds is 4. The van der Waals surface area contributed by atoms with Crippen LogP contribution in [0.4, 0.5) is 11.7 Å². The van der Waals surface area contributed by atoms with Crippen LogP contribution in [0.1, 0.15) is 22.4 Å². The van der Waals surface area contributed by atoms with Gasteiger partial charge >= 0.3 is 6.01 Å². The van der Waals surface area contributed by atoms with E-state index in [2.05, 4.69) is 15.5 Å². The van der Waals surface area contributed by atoms with Crippen LogP contribution in [-0.2, 0) is 0 Å². The topological polar surface area (TPSA) is 89.7 Å². The molecule has 1 aromatic heterocycles. The molecule has 0 spiro atoms. The minimum atomic E-state index is -0.530. The van der Waals surface area contributed by atoms with Gasteiger partial charge in [-0.05, 0) is 36.4 Å². The number of hydrogen-bond acceptors (Lipinski definition) is 7. The molecule has 0 fully saturated rings. The van der Waals surface area contributed by atoms with Crippen molar-refractivity contribution >= 4 is 17.6 Å². The van der Waals surface area contributed by atoms with Gasteiger partial charge < -0.3 is 18.8 Å². The van der Waals surface area contributed by atoms with Crippen LogP contribution in [0.15, 0.2) is 52.9 Å². The molecule has 1 aliphatic rings. The molecule has 27 heavy (non-hydrogen) atoms. The number of hydrogen-bond donors (Lipinski definition) is 1. The van der Waals surface area contributed by atoms with E-state index in [9.17, 15) is 4.79 Å². The molecule has 0 aliphatic carbocycles. The maximum Gasteiger partial charge on any atom is 0.322 e. The Bertz CT molecular complexity index is 952. The van der Waals surface area contributed by atoms with E-state index in [0.29, 0.717) is 17.1 Å². The molecular weight excluding hydrogens is 348 g/mol. The van der Waals surface area contributed by atoms with Crippen molar-refractivity contribution in [3.05, 3.63) is 60.0 Å². The second-order valence-electron chi connectivity index (χ2n) is 6.21. The lowest BCUT2D eigenvalue weighted by atomic mass is 10.2. The molecule has 1 amide bonds. The van der Waals surface area contributed by atoms with Crippen LogP contribution in [0, 0.1) is 0 Å². The molecule has 1 N–H and O–H groups in total. The van der Waals surface area contributed by atoms with Crippen molar-refractivity contribution in [1.29, 1.82) is 0 Å². The molecule has 2 heterocycles. The molecule has 0 bridgehead atoms. The maximum absolute atomic E-state index is 12.3. The highest BCUT2D eigenvalue weighted by molar-refractivity contribution is 6.03. The Morgan fingerprint density at radius 2 is 1.81 bits per heavy atom. The van der Waals surface area contributed by atoms with Crippen LogP contribution in [0.25, 0.3) is 0 Å². The number of aromatic nitrogens is 2. The van der Waals surface area contributed by atoms with Crippen LogP contribution in [-0.4, -0.2) is 36.8 Å².